The van der Waals surface area contributed by atoms with E-state index in [1.807, 2.05) is 61.5 Å². The number of hydrogen-bond acceptors (Lipinski definition) is 4. The summed E-state index contributed by atoms with van der Waals surface area (Å²) in [5, 5.41) is 3.21. The van der Waals surface area contributed by atoms with Gasteiger partial charge in [0, 0.05) is 25.6 Å². The lowest BCUT2D eigenvalue weighted by Gasteiger charge is -2.33. The Kier molecular flexibility index (Phi) is 11.8. The van der Waals surface area contributed by atoms with E-state index in [-0.39, 0.29) is 30.8 Å². The average molecular weight is 556 g/mol. The van der Waals surface area contributed by atoms with Gasteiger partial charge in [0.05, 0.1) is 11.9 Å². The number of nitrogens with zero attached hydrogens (tertiary/aromatic N) is 2. The van der Waals surface area contributed by atoms with Crippen LogP contribution in [0.5, 0.6) is 0 Å². The van der Waals surface area contributed by atoms with Crippen LogP contribution >= 0.6 is 0 Å². The van der Waals surface area contributed by atoms with Crippen molar-refractivity contribution in [1.29, 1.82) is 0 Å². The number of rotatable bonds is 14. The second-order valence-corrected chi connectivity index (χ2v) is 12.5. The SMILES string of the molecule is CCc1ccc(N(CCCC(=O)N(CCc2ccccc2)[C@@H](CC)C(=O)NC2CCCCC2)S(C)(=O)=O)cc1. The molecule has 1 aliphatic rings. The zero-order chi connectivity index (χ0) is 28.3. The second kappa shape index (κ2) is 15.1. The van der Waals surface area contributed by atoms with Gasteiger partial charge in [0.2, 0.25) is 21.8 Å². The van der Waals surface area contributed by atoms with E-state index in [4.69, 9.17) is 0 Å². The molecule has 1 aliphatic carbocycles. The van der Waals surface area contributed by atoms with Crippen molar-refractivity contribution in [2.75, 3.05) is 23.7 Å². The van der Waals surface area contributed by atoms with Gasteiger partial charge in [0.25, 0.3) is 0 Å². The average Bonchev–Trinajstić information content (AvgIpc) is 2.93. The van der Waals surface area contributed by atoms with Crippen molar-refractivity contribution >= 4 is 27.5 Å². The molecule has 0 aromatic heterocycles. The molecule has 2 aromatic rings. The van der Waals surface area contributed by atoms with E-state index < -0.39 is 16.1 Å². The minimum Gasteiger partial charge on any atom is -0.352 e. The fourth-order valence-corrected chi connectivity index (χ4v) is 6.31. The van der Waals surface area contributed by atoms with Crippen LogP contribution in [0.1, 0.15) is 76.3 Å². The maximum Gasteiger partial charge on any atom is 0.243 e. The largest absolute Gasteiger partial charge is 0.352 e. The van der Waals surface area contributed by atoms with E-state index in [1.165, 1.54) is 17.0 Å². The summed E-state index contributed by atoms with van der Waals surface area (Å²) in [4.78, 5) is 28.7. The Labute approximate surface area is 235 Å². The smallest absolute Gasteiger partial charge is 0.243 e. The number of aryl methyl sites for hydroxylation is 1. The first-order valence-corrected chi connectivity index (χ1v) is 16.3. The van der Waals surface area contributed by atoms with Crippen molar-refractivity contribution in [2.45, 2.75) is 90.1 Å². The maximum absolute atomic E-state index is 13.6. The number of sulfonamides is 1. The van der Waals surface area contributed by atoms with Crippen molar-refractivity contribution in [3.63, 3.8) is 0 Å². The number of carbonyl (C=O) groups excluding carboxylic acids is 2. The number of nitrogens with one attached hydrogen (secondary N) is 1. The van der Waals surface area contributed by atoms with Crippen molar-refractivity contribution < 1.29 is 18.0 Å². The molecular formula is C31H45N3O4S. The van der Waals surface area contributed by atoms with Crippen LogP contribution in [0.3, 0.4) is 0 Å². The fourth-order valence-electron chi connectivity index (χ4n) is 5.34. The molecule has 8 heteroatoms. The monoisotopic (exact) mass is 555 g/mol. The van der Waals surface area contributed by atoms with Crippen molar-refractivity contribution in [3.05, 3.63) is 65.7 Å². The third-order valence-electron chi connectivity index (χ3n) is 7.61. The molecule has 7 nitrogen and oxygen atoms in total. The molecule has 214 valence electrons. The summed E-state index contributed by atoms with van der Waals surface area (Å²) in [5.41, 5.74) is 2.84. The molecule has 0 aliphatic heterocycles. The lowest BCUT2D eigenvalue weighted by Crippen LogP contribution is -2.52. The number of carbonyl (C=O) groups is 2. The van der Waals surface area contributed by atoms with E-state index in [0.717, 1.165) is 43.2 Å². The Bertz CT molecular complexity index is 1150. The van der Waals surface area contributed by atoms with Crippen molar-refractivity contribution in [1.82, 2.24) is 10.2 Å². The Morgan fingerprint density at radius 1 is 0.923 bits per heavy atom. The molecular weight excluding hydrogens is 510 g/mol. The van der Waals surface area contributed by atoms with Gasteiger partial charge in [0.15, 0.2) is 0 Å². The summed E-state index contributed by atoms with van der Waals surface area (Å²) in [7, 11) is -3.51. The van der Waals surface area contributed by atoms with Gasteiger partial charge in [-0.25, -0.2) is 8.42 Å². The number of hydrogen-bond donors (Lipinski definition) is 1. The van der Waals surface area contributed by atoms with Crippen LogP contribution in [0, 0.1) is 0 Å². The summed E-state index contributed by atoms with van der Waals surface area (Å²) in [6.45, 7) is 4.64. The third-order valence-corrected chi connectivity index (χ3v) is 8.80. The standard InChI is InChI=1S/C31H45N3O4S/c1-4-25-18-20-28(21-19-25)34(39(3,37)38)23-12-17-30(35)33(24-22-26-13-8-6-9-14-26)29(5-2)31(36)32-27-15-10-7-11-16-27/h6,8-9,13-14,18-21,27,29H,4-5,7,10-12,15-17,22-24H2,1-3H3,(H,32,36)/t29-/m0/s1. The first kappa shape index (κ1) is 30.7. The van der Waals surface area contributed by atoms with Gasteiger partial charge in [-0.15, -0.1) is 0 Å². The van der Waals surface area contributed by atoms with Crippen molar-refractivity contribution in [2.24, 2.45) is 0 Å². The Morgan fingerprint density at radius 2 is 1.59 bits per heavy atom. The number of amides is 2. The van der Waals surface area contributed by atoms with Crippen LogP contribution in [0.25, 0.3) is 0 Å². The molecule has 1 saturated carbocycles. The molecule has 0 heterocycles. The highest BCUT2D eigenvalue weighted by atomic mass is 32.2. The first-order valence-electron chi connectivity index (χ1n) is 14.4. The van der Waals surface area contributed by atoms with Crippen LogP contribution in [0.4, 0.5) is 5.69 Å². The lowest BCUT2D eigenvalue weighted by molar-refractivity contribution is -0.141. The molecule has 0 spiro atoms. The second-order valence-electron chi connectivity index (χ2n) is 10.5. The zero-order valence-corrected chi connectivity index (χ0v) is 24.6. The third kappa shape index (κ3) is 9.38. The molecule has 1 fully saturated rings. The number of benzene rings is 2. The Balaban J connectivity index is 1.70. The zero-order valence-electron chi connectivity index (χ0n) is 23.8. The summed E-state index contributed by atoms with van der Waals surface area (Å²) >= 11 is 0. The van der Waals surface area contributed by atoms with Crippen LogP contribution in [0.2, 0.25) is 0 Å². The Morgan fingerprint density at radius 3 is 2.18 bits per heavy atom. The van der Waals surface area contributed by atoms with E-state index in [1.54, 1.807) is 4.90 Å². The highest BCUT2D eigenvalue weighted by Crippen LogP contribution is 2.21. The topological polar surface area (TPSA) is 86.8 Å². The summed E-state index contributed by atoms with van der Waals surface area (Å²) in [5.74, 6) is -0.203. The maximum atomic E-state index is 13.6. The van der Waals surface area contributed by atoms with Gasteiger partial charge in [-0.1, -0.05) is 75.6 Å². The molecule has 0 saturated heterocycles. The Hall–Kier alpha value is -2.87. The van der Waals surface area contributed by atoms with Gasteiger partial charge >= 0.3 is 0 Å². The van der Waals surface area contributed by atoms with Crippen LogP contribution in [0.15, 0.2) is 54.6 Å². The molecule has 3 rings (SSSR count). The van der Waals surface area contributed by atoms with Crippen molar-refractivity contribution in [3.8, 4) is 0 Å². The highest BCUT2D eigenvalue weighted by molar-refractivity contribution is 7.92. The molecule has 0 bridgehead atoms. The molecule has 2 aromatic carbocycles. The lowest BCUT2D eigenvalue weighted by atomic mass is 9.95. The predicted molar refractivity (Wildman–Crippen MR) is 158 cm³/mol. The molecule has 2 amide bonds. The fraction of sp³-hybridized carbons (Fsp3) is 0.548. The predicted octanol–water partition coefficient (Wildman–Crippen LogP) is 5.09. The number of anilines is 1. The molecule has 1 N–H and O–H groups in total. The van der Waals surface area contributed by atoms with Gasteiger partial charge in [-0.05, 0) is 61.8 Å². The first-order chi connectivity index (χ1) is 18.7. The molecule has 0 radical (unpaired) electrons. The highest BCUT2D eigenvalue weighted by Gasteiger charge is 2.30. The van der Waals surface area contributed by atoms with Gasteiger partial charge < -0.3 is 10.2 Å². The van der Waals surface area contributed by atoms with Crippen LogP contribution < -0.4 is 9.62 Å². The van der Waals surface area contributed by atoms with E-state index in [0.29, 0.717) is 31.5 Å². The quantitative estimate of drug-likeness (QED) is 0.352. The summed E-state index contributed by atoms with van der Waals surface area (Å²) in [6, 6.07) is 17.1. The minimum atomic E-state index is -3.51. The molecule has 1 atom stereocenters. The van der Waals surface area contributed by atoms with E-state index >= 15 is 0 Å². The molecule has 39 heavy (non-hydrogen) atoms. The van der Waals surface area contributed by atoms with Gasteiger partial charge in [-0.3, -0.25) is 13.9 Å². The normalized spacial score (nSPS) is 14.9. The molecule has 0 unspecified atom stereocenters. The van der Waals surface area contributed by atoms with E-state index in [9.17, 15) is 18.0 Å². The minimum absolute atomic E-state index is 0.0837. The van der Waals surface area contributed by atoms with Gasteiger partial charge in [-0.2, -0.15) is 0 Å². The van der Waals surface area contributed by atoms with Gasteiger partial charge in [0.1, 0.15) is 6.04 Å². The van der Waals surface area contributed by atoms with Crippen LogP contribution in [-0.4, -0.2) is 56.6 Å². The summed E-state index contributed by atoms with van der Waals surface area (Å²) < 4.78 is 26.5. The summed E-state index contributed by atoms with van der Waals surface area (Å²) in [6.07, 6.45) is 9.20. The van der Waals surface area contributed by atoms with Crippen LogP contribution in [-0.2, 0) is 32.5 Å². The van der Waals surface area contributed by atoms with E-state index in [2.05, 4.69) is 12.2 Å².